The maximum Gasteiger partial charge on any atom is 0.163 e. The van der Waals surface area contributed by atoms with Crippen LogP contribution in [0.15, 0.2) is 5.38 Å². The number of rotatable bonds is 4. The van der Waals surface area contributed by atoms with E-state index < -0.39 is 5.79 Å². The van der Waals surface area contributed by atoms with Crippen LogP contribution in [-0.4, -0.2) is 30.0 Å². The summed E-state index contributed by atoms with van der Waals surface area (Å²) in [4.78, 5) is 4.47. The second-order valence-electron chi connectivity index (χ2n) is 4.87. The fourth-order valence-electron chi connectivity index (χ4n) is 1.86. The molecule has 2 rings (SSSR count). The Morgan fingerprint density at radius 3 is 2.94 bits per heavy atom. The Kier molecular flexibility index (Phi) is 3.82. The number of nitrogens with one attached hydrogen (secondary N) is 1. The molecule has 0 spiro atoms. The molecule has 1 aromatic rings. The normalized spacial score (nSPS) is 25.1. The highest BCUT2D eigenvalue weighted by Crippen LogP contribution is 2.22. The average Bonchev–Trinajstić information content (AvgIpc) is 2.81. The van der Waals surface area contributed by atoms with Crippen molar-refractivity contribution in [3.63, 3.8) is 0 Å². The van der Waals surface area contributed by atoms with E-state index in [4.69, 9.17) is 9.47 Å². The van der Waals surface area contributed by atoms with Crippen LogP contribution in [0.3, 0.4) is 0 Å². The largest absolute Gasteiger partial charge is 0.348 e. The van der Waals surface area contributed by atoms with E-state index in [0.29, 0.717) is 6.61 Å². The Hall–Kier alpha value is -0.490. The first-order valence-corrected chi connectivity index (χ1v) is 6.81. The van der Waals surface area contributed by atoms with Crippen molar-refractivity contribution in [2.45, 2.75) is 45.6 Å². The van der Waals surface area contributed by atoms with Crippen LogP contribution in [0.4, 0.5) is 0 Å². The number of aromatic nitrogens is 1. The Morgan fingerprint density at radius 2 is 2.41 bits per heavy atom. The molecule has 0 amide bonds. The fourth-order valence-corrected chi connectivity index (χ4v) is 2.56. The van der Waals surface area contributed by atoms with Crippen LogP contribution < -0.4 is 5.32 Å². The Labute approximate surface area is 106 Å². The van der Waals surface area contributed by atoms with Gasteiger partial charge in [0.2, 0.25) is 0 Å². The van der Waals surface area contributed by atoms with Crippen LogP contribution >= 0.6 is 11.3 Å². The van der Waals surface area contributed by atoms with E-state index in [-0.39, 0.29) is 12.1 Å². The van der Waals surface area contributed by atoms with Gasteiger partial charge in [0, 0.05) is 18.0 Å². The molecule has 17 heavy (non-hydrogen) atoms. The fraction of sp³-hybridized carbons (Fsp3) is 0.750. The van der Waals surface area contributed by atoms with Crippen LogP contribution in [0, 0.1) is 6.92 Å². The van der Waals surface area contributed by atoms with Crippen molar-refractivity contribution >= 4 is 11.3 Å². The smallest absolute Gasteiger partial charge is 0.163 e. The molecule has 5 heteroatoms. The summed E-state index contributed by atoms with van der Waals surface area (Å²) in [5.41, 5.74) is 1.10. The van der Waals surface area contributed by atoms with E-state index in [1.165, 1.54) is 0 Å². The second-order valence-corrected chi connectivity index (χ2v) is 5.93. The Bertz CT molecular complexity index is 378. The third-order valence-electron chi connectivity index (χ3n) is 2.80. The average molecular weight is 256 g/mol. The molecule has 2 atom stereocenters. The molecule has 0 aliphatic carbocycles. The zero-order chi connectivity index (χ0) is 12.5. The summed E-state index contributed by atoms with van der Waals surface area (Å²) in [7, 11) is 0. The molecule has 1 fully saturated rings. The number of nitrogens with zero attached hydrogens (tertiary/aromatic N) is 1. The van der Waals surface area contributed by atoms with Gasteiger partial charge in [-0.25, -0.2) is 4.98 Å². The summed E-state index contributed by atoms with van der Waals surface area (Å²) in [5.74, 6) is -0.438. The predicted molar refractivity (Wildman–Crippen MR) is 68.2 cm³/mol. The summed E-state index contributed by atoms with van der Waals surface area (Å²) in [6, 6.07) is 0.257. The number of aryl methyl sites for hydroxylation is 1. The molecule has 0 aromatic carbocycles. The van der Waals surface area contributed by atoms with Crippen molar-refractivity contribution < 1.29 is 9.47 Å². The lowest BCUT2D eigenvalue weighted by Gasteiger charge is -2.18. The Morgan fingerprint density at radius 1 is 1.65 bits per heavy atom. The van der Waals surface area contributed by atoms with E-state index in [1.807, 2.05) is 20.8 Å². The maximum atomic E-state index is 5.74. The van der Waals surface area contributed by atoms with Crippen LogP contribution in [-0.2, 0) is 9.47 Å². The molecule has 2 unspecified atom stereocenters. The molecule has 4 nitrogen and oxygen atoms in total. The molecule has 1 aromatic heterocycles. The highest BCUT2D eigenvalue weighted by molar-refractivity contribution is 7.09. The van der Waals surface area contributed by atoms with Crippen LogP contribution in [0.1, 0.15) is 37.5 Å². The Balaban J connectivity index is 1.79. The minimum atomic E-state index is -0.438. The van der Waals surface area contributed by atoms with Crippen LogP contribution in [0.5, 0.6) is 0 Å². The number of ether oxygens (including phenoxy) is 2. The van der Waals surface area contributed by atoms with Gasteiger partial charge >= 0.3 is 0 Å². The van der Waals surface area contributed by atoms with Gasteiger partial charge in [-0.05, 0) is 27.7 Å². The molecule has 1 N–H and O–H groups in total. The third-order valence-corrected chi connectivity index (χ3v) is 3.59. The van der Waals surface area contributed by atoms with Crippen molar-refractivity contribution in [3.8, 4) is 0 Å². The van der Waals surface area contributed by atoms with E-state index in [1.54, 1.807) is 11.3 Å². The van der Waals surface area contributed by atoms with Gasteiger partial charge in [0.05, 0.1) is 23.4 Å². The highest BCUT2D eigenvalue weighted by Gasteiger charge is 2.32. The highest BCUT2D eigenvalue weighted by atomic mass is 32.1. The van der Waals surface area contributed by atoms with Crippen molar-refractivity contribution in [1.82, 2.24) is 10.3 Å². The molecular weight excluding hydrogens is 236 g/mol. The second kappa shape index (κ2) is 5.02. The minimum Gasteiger partial charge on any atom is -0.348 e. The topological polar surface area (TPSA) is 43.4 Å². The van der Waals surface area contributed by atoms with Gasteiger partial charge in [0.15, 0.2) is 5.79 Å². The lowest BCUT2D eigenvalue weighted by atomic mass is 10.2. The molecule has 96 valence electrons. The number of thiazole rings is 1. The molecule has 2 heterocycles. The lowest BCUT2D eigenvalue weighted by Crippen LogP contribution is -2.32. The quantitative estimate of drug-likeness (QED) is 0.897. The van der Waals surface area contributed by atoms with E-state index in [2.05, 4.69) is 22.6 Å². The first-order valence-electron chi connectivity index (χ1n) is 5.93. The van der Waals surface area contributed by atoms with Crippen molar-refractivity contribution in [2.75, 3.05) is 13.2 Å². The summed E-state index contributed by atoms with van der Waals surface area (Å²) in [6.07, 6.45) is 0.132. The van der Waals surface area contributed by atoms with Gasteiger partial charge in [-0.15, -0.1) is 11.3 Å². The molecule has 0 bridgehead atoms. The van der Waals surface area contributed by atoms with Crippen LogP contribution in [0.2, 0.25) is 0 Å². The van der Waals surface area contributed by atoms with Gasteiger partial charge in [0.1, 0.15) is 0 Å². The van der Waals surface area contributed by atoms with E-state index in [0.717, 1.165) is 17.2 Å². The zero-order valence-electron chi connectivity index (χ0n) is 10.8. The summed E-state index contributed by atoms with van der Waals surface area (Å²) in [5, 5.41) is 6.64. The SMILES string of the molecule is Cc1nc(C(C)NCC2COC(C)(C)O2)cs1. The number of hydrogen-bond acceptors (Lipinski definition) is 5. The molecule has 1 aliphatic heterocycles. The van der Waals surface area contributed by atoms with Crippen molar-refractivity contribution in [2.24, 2.45) is 0 Å². The van der Waals surface area contributed by atoms with Crippen molar-refractivity contribution in [3.05, 3.63) is 16.1 Å². The molecule has 1 aliphatic rings. The van der Waals surface area contributed by atoms with Gasteiger partial charge in [-0.2, -0.15) is 0 Å². The number of hydrogen-bond donors (Lipinski definition) is 1. The maximum absolute atomic E-state index is 5.74. The lowest BCUT2D eigenvalue weighted by molar-refractivity contribution is -0.137. The van der Waals surface area contributed by atoms with Gasteiger partial charge in [0.25, 0.3) is 0 Å². The summed E-state index contributed by atoms with van der Waals surface area (Å²) in [6.45, 7) is 9.48. The monoisotopic (exact) mass is 256 g/mol. The first kappa shape index (κ1) is 13.0. The zero-order valence-corrected chi connectivity index (χ0v) is 11.6. The minimum absolute atomic E-state index is 0.132. The third kappa shape index (κ3) is 3.48. The molecule has 1 saturated heterocycles. The van der Waals surface area contributed by atoms with E-state index >= 15 is 0 Å². The van der Waals surface area contributed by atoms with Crippen molar-refractivity contribution in [1.29, 1.82) is 0 Å². The molecular formula is C12H20N2O2S. The van der Waals surface area contributed by atoms with Crippen LogP contribution in [0.25, 0.3) is 0 Å². The predicted octanol–water partition coefficient (Wildman–Crippen LogP) is 2.25. The summed E-state index contributed by atoms with van der Waals surface area (Å²) < 4.78 is 11.3. The summed E-state index contributed by atoms with van der Waals surface area (Å²) >= 11 is 1.68. The van der Waals surface area contributed by atoms with E-state index in [9.17, 15) is 0 Å². The molecule has 0 saturated carbocycles. The standard InChI is InChI=1S/C12H20N2O2S/c1-8(11-7-17-9(2)14-11)13-5-10-6-15-12(3,4)16-10/h7-8,10,13H,5-6H2,1-4H3. The first-order chi connectivity index (χ1) is 7.96. The van der Waals surface area contributed by atoms with Gasteiger partial charge in [-0.3, -0.25) is 0 Å². The van der Waals surface area contributed by atoms with Gasteiger partial charge in [-0.1, -0.05) is 0 Å². The molecule has 0 radical (unpaired) electrons. The van der Waals surface area contributed by atoms with Gasteiger partial charge < -0.3 is 14.8 Å².